The number of hydrogen-bond donors (Lipinski definition) is 1. The summed E-state index contributed by atoms with van der Waals surface area (Å²) in [6, 6.07) is 5.33. The van der Waals surface area contributed by atoms with Crippen molar-refractivity contribution in [3.8, 4) is 0 Å². The summed E-state index contributed by atoms with van der Waals surface area (Å²) in [5.41, 5.74) is 0.990. The van der Waals surface area contributed by atoms with Gasteiger partial charge in [-0.15, -0.1) is 6.58 Å². The SMILES string of the molecule is C=CCCCCCC(NCCC)c1ccc(Cl)c(F)c1. The predicted octanol–water partition coefficient (Wildman–Crippen LogP) is 5.66. The van der Waals surface area contributed by atoms with Crippen molar-refractivity contribution < 1.29 is 4.39 Å². The quantitative estimate of drug-likeness (QED) is 0.434. The highest BCUT2D eigenvalue weighted by Gasteiger charge is 2.12. The number of nitrogens with one attached hydrogen (secondary N) is 1. The Bertz CT molecular complexity index is 406. The first kappa shape index (κ1) is 17.2. The topological polar surface area (TPSA) is 12.0 Å². The van der Waals surface area contributed by atoms with E-state index < -0.39 is 0 Å². The molecule has 1 atom stereocenters. The third kappa shape index (κ3) is 6.06. The molecule has 1 aromatic carbocycles. The Morgan fingerprint density at radius 3 is 2.80 bits per heavy atom. The monoisotopic (exact) mass is 297 g/mol. The first-order valence-electron chi connectivity index (χ1n) is 7.48. The lowest BCUT2D eigenvalue weighted by molar-refractivity contribution is 0.469. The van der Waals surface area contributed by atoms with Crippen LogP contribution in [0.15, 0.2) is 30.9 Å². The molecule has 0 aliphatic heterocycles. The molecule has 1 aromatic rings. The summed E-state index contributed by atoms with van der Waals surface area (Å²) in [6.07, 6.45) is 8.64. The van der Waals surface area contributed by atoms with Crippen molar-refractivity contribution in [3.63, 3.8) is 0 Å². The second-order valence-electron chi connectivity index (χ2n) is 5.11. The highest BCUT2D eigenvalue weighted by atomic mass is 35.5. The lowest BCUT2D eigenvalue weighted by atomic mass is 9.99. The van der Waals surface area contributed by atoms with Gasteiger partial charge in [0.15, 0.2) is 0 Å². The molecule has 112 valence electrons. The summed E-state index contributed by atoms with van der Waals surface area (Å²) in [6.45, 7) is 6.81. The normalized spacial score (nSPS) is 12.3. The standard InChI is InChI=1S/C17H25ClFN/c1-3-5-6-7-8-9-17(20-12-4-2)14-10-11-15(18)16(19)13-14/h3,10-11,13,17,20H,1,4-9,12H2,2H3. The third-order valence-electron chi connectivity index (χ3n) is 3.39. The van der Waals surface area contributed by atoms with Gasteiger partial charge in [-0.05, 0) is 49.9 Å². The molecule has 0 aromatic heterocycles. The fraction of sp³-hybridized carbons (Fsp3) is 0.529. The number of unbranched alkanes of at least 4 members (excludes halogenated alkanes) is 3. The van der Waals surface area contributed by atoms with Crippen LogP contribution in [0, 0.1) is 5.82 Å². The number of halogens is 2. The van der Waals surface area contributed by atoms with E-state index in [1.807, 2.05) is 12.1 Å². The summed E-state index contributed by atoms with van der Waals surface area (Å²) in [5.74, 6) is -0.334. The highest BCUT2D eigenvalue weighted by Crippen LogP contribution is 2.24. The Balaban J connectivity index is 2.57. The van der Waals surface area contributed by atoms with Gasteiger partial charge in [0, 0.05) is 6.04 Å². The highest BCUT2D eigenvalue weighted by molar-refractivity contribution is 6.30. The maximum Gasteiger partial charge on any atom is 0.142 e. The molecule has 1 N–H and O–H groups in total. The molecule has 0 bridgehead atoms. The van der Waals surface area contributed by atoms with Crippen molar-refractivity contribution in [2.45, 2.75) is 51.5 Å². The van der Waals surface area contributed by atoms with Crippen molar-refractivity contribution in [1.82, 2.24) is 5.32 Å². The van der Waals surface area contributed by atoms with Crippen LogP contribution < -0.4 is 5.32 Å². The number of allylic oxidation sites excluding steroid dienone is 1. The Hall–Kier alpha value is -0.860. The fourth-order valence-electron chi connectivity index (χ4n) is 2.25. The van der Waals surface area contributed by atoms with E-state index in [4.69, 9.17) is 11.6 Å². The number of hydrogen-bond acceptors (Lipinski definition) is 1. The maximum absolute atomic E-state index is 13.6. The Labute approximate surface area is 127 Å². The summed E-state index contributed by atoms with van der Waals surface area (Å²) in [5, 5.41) is 3.68. The Kier molecular flexibility index (Phi) is 8.56. The zero-order chi connectivity index (χ0) is 14.8. The fourth-order valence-corrected chi connectivity index (χ4v) is 2.37. The summed E-state index contributed by atoms with van der Waals surface area (Å²) in [4.78, 5) is 0. The van der Waals surface area contributed by atoms with Crippen LogP contribution in [0.3, 0.4) is 0 Å². The molecular weight excluding hydrogens is 273 g/mol. The summed E-state index contributed by atoms with van der Waals surface area (Å²) in [7, 11) is 0. The van der Waals surface area contributed by atoms with Gasteiger partial charge < -0.3 is 5.32 Å². The van der Waals surface area contributed by atoms with E-state index in [1.165, 1.54) is 12.8 Å². The van der Waals surface area contributed by atoms with E-state index in [1.54, 1.807) is 12.1 Å². The molecule has 0 saturated heterocycles. The van der Waals surface area contributed by atoms with Crippen molar-refractivity contribution in [2.24, 2.45) is 0 Å². The maximum atomic E-state index is 13.6. The van der Waals surface area contributed by atoms with Crippen molar-refractivity contribution >= 4 is 11.6 Å². The average molecular weight is 298 g/mol. The smallest absolute Gasteiger partial charge is 0.142 e. The van der Waals surface area contributed by atoms with Gasteiger partial charge in [0.2, 0.25) is 0 Å². The molecule has 1 rings (SSSR count). The number of rotatable bonds is 10. The Morgan fingerprint density at radius 2 is 2.15 bits per heavy atom. The lowest BCUT2D eigenvalue weighted by Gasteiger charge is -2.19. The molecule has 20 heavy (non-hydrogen) atoms. The molecule has 3 heteroatoms. The van der Waals surface area contributed by atoms with Gasteiger partial charge in [-0.25, -0.2) is 4.39 Å². The molecule has 0 heterocycles. The molecule has 0 radical (unpaired) electrons. The third-order valence-corrected chi connectivity index (χ3v) is 3.69. The summed E-state index contributed by atoms with van der Waals surface area (Å²) >= 11 is 5.75. The molecule has 0 aliphatic rings. The van der Waals surface area contributed by atoms with Crippen LogP contribution in [-0.2, 0) is 0 Å². The predicted molar refractivity (Wildman–Crippen MR) is 85.7 cm³/mol. The second-order valence-corrected chi connectivity index (χ2v) is 5.51. The molecule has 0 fully saturated rings. The van der Waals surface area contributed by atoms with E-state index in [-0.39, 0.29) is 16.9 Å². The lowest BCUT2D eigenvalue weighted by Crippen LogP contribution is -2.22. The van der Waals surface area contributed by atoms with Gasteiger partial charge in [0.1, 0.15) is 5.82 Å². The van der Waals surface area contributed by atoms with Gasteiger partial charge in [-0.3, -0.25) is 0 Å². The molecule has 0 amide bonds. The van der Waals surface area contributed by atoms with E-state index in [0.717, 1.165) is 37.8 Å². The molecule has 1 unspecified atom stereocenters. The van der Waals surface area contributed by atoms with Crippen molar-refractivity contribution in [3.05, 3.63) is 47.3 Å². The molecular formula is C17H25ClFN. The zero-order valence-corrected chi connectivity index (χ0v) is 13.1. The van der Waals surface area contributed by atoms with Crippen LogP contribution in [0.2, 0.25) is 5.02 Å². The van der Waals surface area contributed by atoms with Crippen molar-refractivity contribution in [2.75, 3.05) is 6.54 Å². The summed E-state index contributed by atoms with van der Waals surface area (Å²) < 4.78 is 13.6. The van der Waals surface area contributed by atoms with Crippen LogP contribution in [0.25, 0.3) is 0 Å². The van der Waals surface area contributed by atoms with E-state index in [2.05, 4.69) is 18.8 Å². The van der Waals surface area contributed by atoms with Gasteiger partial charge in [0.25, 0.3) is 0 Å². The molecule has 1 nitrogen and oxygen atoms in total. The number of benzene rings is 1. The first-order valence-corrected chi connectivity index (χ1v) is 7.86. The molecule has 0 saturated carbocycles. The van der Waals surface area contributed by atoms with Crippen LogP contribution in [0.4, 0.5) is 4.39 Å². The minimum atomic E-state index is -0.334. The first-order chi connectivity index (χ1) is 9.69. The second kappa shape index (κ2) is 9.95. The minimum absolute atomic E-state index is 0.189. The van der Waals surface area contributed by atoms with Crippen LogP contribution in [0.1, 0.15) is 57.1 Å². The Morgan fingerprint density at radius 1 is 1.35 bits per heavy atom. The van der Waals surface area contributed by atoms with Crippen LogP contribution in [0.5, 0.6) is 0 Å². The largest absolute Gasteiger partial charge is 0.310 e. The van der Waals surface area contributed by atoms with Crippen molar-refractivity contribution in [1.29, 1.82) is 0 Å². The van der Waals surface area contributed by atoms with Gasteiger partial charge in [0.05, 0.1) is 5.02 Å². The van der Waals surface area contributed by atoms with Crippen LogP contribution >= 0.6 is 11.6 Å². The van der Waals surface area contributed by atoms with Gasteiger partial charge in [-0.2, -0.15) is 0 Å². The van der Waals surface area contributed by atoms with Gasteiger partial charge >= 0.3 is 0 Å². The molecule has 0 spiro atoms. The minimum Gasteiger partial charge on any atom is -0.310 e. The van der Waals surface area contributed by atoms with Gasteiger partial charge in [-0.1, -0.05) is 43.5 Å². The van der Waals surface area contributed by atoms with Crippen LogP contribution in [-0.4, -0.2) is 6.54 Å². The average Bonchev–Trinajstić information content (AvgIpc) is 2.45. The van der Waals surface area contributed by atoms with E-state index in [9.17, 15) is 4.39 Å². The zero-order valence-electron chi connectivity index (χ0n) is 12.3. The van der Waals surface area contributed by atoms with E-state index in [0.29, 0.717) is 0 Å². The van der Waals surface area contributed by atoms with E-state index >= 15 is 0 Å². The molecule has 0 aliphatic carbocycles.